The molecule has 2 N–H and O–H groups in total. The smallest absolute Gasteiger partial charge is 0.240 e. The highest BCUT2D eigenvalue weighted by atomic mass is 35.5. The molecular formula is C18H18ClN3O2. The van der Waals surface area contributed by atoms with Crippen molar-refractivity contribution in [2.45, 2.75) is 19.8 Å². The van der Waals surface area contributed by atoms with E-state index in [1.807, 2.05) is 37.3 Å². The highest BCUT2D eigenvalue weighted by Gasteiger charge is 2.07. The molecule has 0 aliphatic carbocycles. The minimum atomic E-state index is -0.313. The van der Waals surface area contributed by atoms with E-state index in [2.05, 4.69) is 15.8 Å². The highest BCUT2D eigenvalue weighted by Crippen LogP contribution is 2.15. The van der Waals surface area contributed by atoms with E-state index in [-0.39, 0.29) is 24.7 Å². The molecule has 2 aromatic rings. The van der Waals surface area contributed by atoms with Crippen LogP contribution < -0.4 is 10.7 Å². The standard InChI is InChI=1S/C18H18ClN3O2/c1-13(14-6-3-2-4-7-14)21-22-18(24)11-10-17(23)20-16-9-5-8-15(19)12-16/h2-9,12H,10-11H2,1H3,(H,20,23)(H,22,24)/b21-13+. The summed E-state index contributed by atoms with van der Waals surface area (Å²) in [5, 5.41) is 7.26. The number of hydrazone groups is 1. The number of hydrogen-bond acceptors (Lipinski definition) is 3. The molecule has 0 heterocycles. The summed E-state index contributed by atoms with van der Waals surface area (Å²) < 4.78 is 0. The third-order valence-corrected chi connectivity index (χ3v) is 3.46. The van der Waals surface area contributed by atoms with Crippen LogP contribution in [0, 0.1) is 0 Å². The lowest BCUT2D eigenvalue weighted by Crippen LogP contribution is -2.21. The first kappa shape index (κ1) is 17.7. The maximum atomic E-state index is 11.8. The summed E-state index contributed by atoms with van der Waals surface area (Å²) in [5.41, 5.74) is 4.69. The summed E-state index contributed by atoms with van der Waals surface area (Å²) >= 11 is 5.85. The van der Waals surface area contributed by atoms with Gasteiger partial charge < -0.3 is 5.32 Å². The first-order chi connectivity index (χ1) is 11.5. The molecule has 2 amide bonds. The Bertz CT molecular complexity index is 745. The topological polar surface area (TPSA) is 70.6 Å². The van der Waals surface area contributed by atoms with Crippen LogP contribution in [0.15, 0.2) is 59.7 Å². The second-order valence-electron chi connectivity index (χ2n) is 5.16. The molecule has 24 heavy (non-hydrogen) atoms. The van der Waals surface area contributed by atoms with E-state index in [9.17, 15) is 9.59 Å². The van der Waals surface area contributed by atoms with Crippen molar-refractivity contribution in [3.8, 4) is 0 Å². The van der Waals surface area contributed by atoms with Gasteiger partial charge >= 0.3 is 0 Å². The number of anilines is 1. The molecule has 0 unspecified atom stereocenters. The van der Waals surface area contributed by atoms with Gasteiger partial charge in [-0.1, -0.05) is 48.0 Å². The van der Waals surface area contributed by atoms with E-state index in [1.165, 1.54) is 0 Å². The Hall–Kier alpha value is -2.66. The van der Waals surface area contributed by atoms with Gasteiger partial charge in [-0.25, -0.2) is 5.43 Å². The zero-order valence-electron chi connectivity index (χ0n) is 13.3. The molecule has 6 heteroatoms. The predicted octanol–water partition coefficient (Wildman–Crippen LogP) is 3.60. The Morgan fingerprint density at radius 2 is 1.71 bits per heavy atom. The summed E-state index contributed by atoms with van der Waals surface area (Å²) in [4.78, 5) is 23.6. The largest absolute Gasteiger partial charge is 0.326 e. The maximum absolute atomic E-state index is 11.8. The van der Waals surface area contributed by atoms with Crippen molar-refractivity contribution in [1.82, 2.24) is 5.43 Å². The van der Waals surface area contributed by atoms with Crippen molar-refractivity contribution in [2.75, 3.05) is 5.32 Å². The predicted molar refractivity (Wildman–Crippen MR) is 96.1 cm³/mol. The van der Waals surface area contributed by atoms with Gasteiger partial charge in [0.2, 0.25) is 11.8 Å². The fraction of sp³-hybridized carbons (Fsp3) is 0.167. The number of nitrogens with one attached hydrogen (secondary N) is 2. The second kappa shape index (κ2) is 8.84. The van der Waals surface area contributed by atoms with Crippen LogP contribution in [0.4, 0.5) is 5.69 Å². The number of nitrogens with zero attached hydrogens (tertiary/aromatic N) is 1. The van der Waals surface area contributed by atoms with Crippen LogP contribution in [0.2, 0.25) is 5.02 Å². The summed E-state index contributed by atoms with van der Waals surface area (Å²) in [6, 6.07) is 16.4. The molecular weight excluding hydrogens is 326 g/mol. The molecule has 0 atom stereocenters. The van der Waals surface area contributed by atoms with Crippen molar-refractivity contribution in [3.05, 3.63) is 65.2 Å². The van der Waals surface area contributed by atoms with Crippen LogP contribution in [0.5, 0.6) is 0 Å². The summed E-state index contributed by atoms with van der Waals surface area (Å²) in [6.45, 7) is 1.81. The minimum Gasteiger partial charge on any atom is -0.326 e. The Balaban J connectivity index is 1.77. The van der Waals surface area contributed by atoms with Crippen molar-refractivity contribution in [2.24, 2.45) is 5.10 Å². The summed E-state index contributed by atoms with van der Waals surface area (Å²) in [7, 11) is 0. The molecule has 0 saturated heterocycles. The van der Waals surface area contributed by atoms with Crippen molar-refractivity contribution >= 4 is 34.8 Å². The molecule has 0 radical (unpaired) electrons. The number of rotatable bonds is 6. The number of carbonyl (C=O) groups is 2. The second-order valence-corrected chi connectivity index (χ2v) is 5.59. The van der Waals surface area contributed by atoms with E-state index in [0.29, 0.717) is 16.4 Å². The molecule has 0 bridgehead atoms. The maximum Gasteiger partial charge on any atom is 0.240 e. The van der Waals surface area contributed by atoms with E-state index in [4.69, 9.17) is 11.6 Å². The normalized spacial score (nSPS) is 11.0. The monoisotopic (exact) mass is 343 g/mol. The van der Waals surface area contributed by atoms with Gasteiger partial charge in [0, 0.05) is 23.6 Å². The average molecular weight is 344 g/mol. The van der Waals surface area contributed by atoms with Gasteiger partial charge in [0.05, 0.1) is 5.71 Å². The first-order valence-corrected chi connectivity index (χ1v) is 7.86. The third-order valence-electron chi connectivity index (χ3n) is 3.23. The number of halogens is 1. The molecule has 124 valence electrons. The fourth-order valence-electron chi connectivity index (χ4n) is 1.96. The molecule has 5 nitrogen and oxygen atoms in total. The third kappa shape index (κ3) is 5.85. The number of amides is 2. The molecule has 0 fully saturated rings. The van der Waals surface area contributed by atoms with Crippen LogP contribution in [0.3, 0.4) is 0 Å². The van der Waals surface area contributed by atoms with Crippen LogP contribution in [0.25, 0.3) is 0 Å². The Labute approximate surface area is 145 Å². The number of carbonyl (C=O) groups excluding carboxylic acids is 2. The molecule has 0 saturated carbocycles. The van der Waals surface area contributed by atoms with Crippen molar-refractivity contribution in [3.63, 3.8) is 0 Å². The van der Waals surface area contributed by atoms with Crippen LogP contribution in [0.1, 0.15) is 25.3 Å². The van der Waals surface area contributed by atoms with Gasteiger partial charge in [0.15, 0.2) is 0 Å². The van der Waals surface area contributed by atoms with E-state index in [1.54, 1.807) is 24.3 Å². The lowest BCUT2D eigenvalue weighted by molar-refractivity contribution is -0.124. The Kier molecular flexibility index (Phi) is 6.51. The molecule has 0 aliphatic heterocycles. The van der Waals surface area contributed by atoms with Crippen LogP contribution in [-0.2, 0) is 9.59 Å². The van der Waals surface area contributed by atoms with Crippen molar-refractivity contribution in [1.29, 1.82) is 0 Å². The van der Waals surface area contributed by atoms with Gasteiger partial charge in [-0.05, 0) is 30.7 Å². The van der Waals surface area contributed by atoms with Crippen LogP contribution >= 0.6 is 11.6 Å². The van der Waals surface area contributed by atoms with E-state index >= 15 is 0 Å². The van der Waals surface area contributed by atoms with Gasteiger partial charge in [-0.3, -0.25) is 9.59 Å². The first-order valence-electron chi connectivity index (χ1n) is 7.48. The molecule has 0 aromatic heterocycles. The Morgan fingerprint density at radius 3 is 2.42 bits per heavy atom. The fourth-order valence-corrected chi connectivity index (χ4v) is 2.15. The van der Waals surface area contributed by atoms with Crippen molar-refractivity contribution < 1.29 is 9.59 Å². The van der Waals surface area contributed by atoms with Gasteiger partial charge in [0.1, 0.15) is 0 Å². The lowest BCUT2D eigenvalue weighted by atomic mass is 10.1. The SMILES string of the molecule is C/C(=N\NC(=O)CCC(=O)Nc1cccc(Cl)c1)c1ccccc1. The van der Waals surface area contributed by atoms with Gasteiger partial charge in [0.25, 0.3) is 0 Å². The zero-order chi connectivity index (χ0) is 17.4. The Morgan fingerprint density at radius 1 is 1.00 bits per heavy atom. The molecule has 2 aromatic carbocycles. The lowest BCUT2D eigenvalue weighted by Gasteiger charge is -2.05. The van der Waals surface area contributed by atoms with Crippen LogP contribution in [-0.4, -0.2) is 17.5 Å². The zero-order valence-corrected chi connectivity index (χ0v) is 14.0. The number of hydrogen-bond donors (Lipinski definition) is 2. The van der Waals surface area contributed by atoms with Gasteiger partial charge in [-0.15, -0.1) is 0 Å². The molecule has 0 aliphatic rings. The van der Waals surface area contributed by atoms with E-state index < -0.39 is 0 Å². The quantitative estimate of drug-likeness (QED) is 0.621. The van der Waals surface area contributed by atoms with Gasteiger partial charge in [-0.2, -0.15) is 5.10 Å². The number of benzene rings is 2. The molecule has 0 spiro atoms. The summed E-state index contributed by atoms with van der Waals surface area (Å²) in [5.74, 6) is -0.567. The average Bonchev–Trinajstić information content (AvgIpc) is 2.58. The minimum absolute atomic E-state index is 0.0535. The molecule has 2 rings (SSSR count). The summed E-state index contributed by atoms with van der Waals surface area (Å²) in [6.07, 6.45) is 0.121. The highest BCUT2D eigenvalue weighted by molar-refractivity contribution is 6.30. The van der Waals surface area contributed by atoms with E-state index in [0.717, 1.165) is 5.56 Å².